The zero-order valence-corrected chi connectivity index (χ0v) is 12.5. The molecule has 0 amide bonds. The average Bonchev–Trinajstić information content (AvgIpc) is 2.59. The molecule has 0 fully saturated rings. The Labute approximate surface area is 132 Å². The highest BCUT2D eigenvalue weighted by Crippen LogP contribution is 2.16. The molecule has 0 aliphatic rings. The second-order valence-electron chi connectivity index (χ2n) is 4.92. The number of nitrogens with one attached hydrogen (secondary N) is 2. The zero-order valence-electron chi connectivity index (χ0n) is 12.5. The number of anilines is 1. The fourth-order valence-corrected chi connectivity index (χ4v) is 2.32. The highest BCUT2D eigenvalue weighted by Gasteiger charge is 2.11. The van der Waals surface area contributed by atoms with E-state index in [1.54, 1.807) is 36.4 Å². The first-order valence-electron chi connectivity index (χ1n) is 7.08. The summed E-state index contributed by atoms with van der Waals surface area (Å²) in [4.78, 5) is 30.9. The molecule has 1 heterocycles. The maximum absolute atomic E-state index is 12.0. The summed E-state index contributed by atoms with van der Waals surface area (Å²) in [6.45, 7) is 0.286. The van der Waals surface area contributed by atoms with E-state index in [0.29, 0.717) is 28.0 Å². The van der Waals surface area contributed by atoms with Gasteiger partial charge in [0.1, 0.15) is 5.82 Å². The first kappa shape index (κ1) is 14.8. The molecule has 0 saturated carbocycles. The van der Waals surface area contributed by atoms with Gasteiger partial charge in [0.15, 0.2) is 0 Å². The van der Waals surface area contributed by atoms with Gasteiger partial charge >= 0.3 is 5.97 Å². The molecule has 0 aliphatic carbocycles. The van der Waals surface area contributed by atoms with Crippen molar-refractivity contribution in [3.8, 4) is 0 Å². The number of hydrogen-bond acceptors (Lipinski definition) is 5. The monoisotopic (exact) mass is 309 g/mol. The van der Waals surface area contributed by atoms with Crippen molar-refractivity contribution in [2.24, 2.45) is 0 Å². The molecular formula is C17H15N3O3. The van der Waals surface area contributed by atoms with Crippen LogP contribution in [0.3, 0.4) is 0 Å². The summed E-state index contributed by atoms with van der Waals surface area (Å²) in [5.41, 5.74) is 1.50. The molecule has 0 unspecified atom stereocenters. The number of carbonyl (C=O) groups excluding carboxylic acids is 1. The van der Waals surface area contributed by atoms with Gasteiger partial charge in [0.05, 0.1) is 30.1 Å². The number of nitrogens with zero attached hydrogens (tertiary/aromatic N) is 1. The number of methoxy groups -OCH3 is 1. The van der Waals surface area contributed by atoms with Gasteiger partial charge in [-0.05, 0) is 24.3 Å². The predicted octanol–water partition coefficient (Wildman–Crippen LogP) is 2.32. The van der Waals surface area contributed by atoms with E-state index in [-0.39, 0.29) is 12.1 Å². The lowest BCUT2D eigenvalue weighted by Crippen LogP contribution is -2.15. The van der Waals surface area contributed by atoms with E-state index < -0.39 is 5.97 Å². The second kappa shape index (κ2) is 6.31. The number of benzene rings is 2. The second-order valence-corrected chi connectivity index (χ2v) is 4.92. The van der Waals surface area contributed by atoms with Crippen molar-refractivity contribution in [3.05, 3.63) is 70.3 Å². The standard InChI is InChI=1S/C17H15N3O3/c1-23-17(22)12-7-3-4-8-13(12)18-10-15-19-14-9-5-2-6-11(14)16(21)20-15/h2-9,18H,10H2,1H3,(H,19,20,21). The normalized spacial score (nSPS) is 10.5. The fourth-order valence-electron chi connectivity index (χ4n) is 2.32. The van der Waals surface area contributed by atoms with Crippen LogP contribution in [0.2, 0.25) is 0 Å². The van der Waals surface area contributed by atoms with Gasteiger partial charge in [0.2, 0.25) is 0 Å². The molecule has 0 bridgehead atoms. The SMILES string of the molecule is COC(=O)c1ccccc1NCc1nc2ccccc2c(=O)[nH]1. The number of aromatic amines is 1. The molecule has 6 nitrogen and oxygen atoms in total. The third-order valence-corrected chi connectivity index (χ3v) is 3.44. The first-order chi connectivity index (χ1) is 11.2. The Morgan fingerprint density at radius 1 is 1.17 bits per heavy atom. The molecule has 0 aliphatic heterocycles. The Hall–Kier alpha value is -3.15. The van der Waals surface area contributed by atoms with E-state index in [4.69, 9.17) is 4.74 Å². The topological polar surface area (TPSA) is 84.1 Å². The van der Waals surface area contributed by atoms with Gasteiger partial charge in [-0.3, -0.25) is 4.79 Å². The fraction of sp³-hybridized carbons (Fsp3) is 0.118. The largest absolute Gasteiger partial charge is 0.465 e. The van der Waals surface area contributed by atoms with Crippen molar-refractivity contribution in [2.75, 3.05) is 12.4 Å². The van der Waals surface area contributed by atoms with Crippen LogP contribution in [0.5, 0.6) is 0 Å². The number of aromatic nitrogens is 2. The lowest BCUT2D eigenvalue weighted by Gasteiger charge is -2.10. The summed E-state index contributed by atoms with van der Waals surface area (Å²) in [7, 11) is 1.33. The number of carbonyl (C=O) groups is 1. The Bertz CT molecular complexity index is 918. The van der Waals surface area contributed by atoms with Crippen molar-refractivity contribution in [3.63, 3.8) is 0 Å². The minimum Gasteiger partial charge on any atom is -0.465 e. The minimum absolute atomic E-state index is 0.186. The van der Waals surface area contributed by atoms with E-state index in [1.807, 2.05) is 12.1 Å². The molecule has 3 rings (SSSR count). The summed E-state index contributed by atoms with van der Waals surface area (Å²) >= 11 is 0. The number of ether oxygens (including phenoxy) is 1. The highest BCUT2D eigenvalue weighted by atomic mass is 16.5. The summed E-state index contributed by atoms with van der Waals surface area (Å²) < 4.78 is 4.75. The number of para-hydroxylation sites is 2. The highest BCUT2D eigenvalue weighted by molar-refractivity contribution is 5.95. The van der Waals surface area contributed by atoms with Crippen LogP contribution in [-0.4, -0.2) is 23.0 Å². The van der Waals surface area contributed by atoms with Gasteiger partial charge in [0.25, 0.3) is 5.56 Å². The minimum atomic E-state index is -0.423. The van der Waals surface area contributed by atoms with Crippen LogP contribution in [-0.2, 0) is 11.3 Å². The van der Waals surface area contributed by atoms with Crippen LogP contribution in [0.15, 0.2) is 53.3 Å². The number of esters is 1. The third-order valence-electron chi connectivity index (χ3n) is 3.44. The van der Waals surface area contributed by atoms with Crippen LogP contribution < -0.4 is 10.9 Å². The number of H-pyrrole nitrogens is 1. The molecule has 6 heteroatoms. The van der Waals surface area contributed by atoms with Gasteiger partial charge in [0, 0.05) is 5.69 Å². The molecule has 0 spiro atoms. The van der Waals surface area contributed by atoms with Crippen molar-refractivity contribution in [2.45, 2.75) is 6.54 Å². The van der Waals surface area contributed by atoms with Crippen LogP contribution in [0.1, 0.15) is 16.2 Å². The van der Waals surface area contributed by atoms with E-state index in [1.165, 1.54) is 7.11 Å². The van der Waals surface area contributed by atoms with Crippen LogP contribution in [0.4, 0.5) is 5.69 Å². The lowest BCUT2D eigenvalue weighted by atomic mass is 10.2. The summed E-state index contributed by atoms with van der Waals surface area (Å²) in [6, 6.07) is 14.2. The Balaban J connectivity index is 1.87. The molecule has 1 aromatic heterocycles. The van der Waals surface area contributed by atoms with Crippen molar-refractivity contribution < 1.29 is 9.53 Å². The number of rotatable bonds is 4. The van der Waals surface area contributed by atoms with Gasteiger partial charge in [-0.15, -0.1) is 0 Å². The average molecular weight is 309 g/mol. The van der Waals surface area contributed by atoms with E-state index in [2.05, 4.69) is 15.3 Å². The van der Waals surface area contributed by atoms with Gasteiger partial charge < -0.3 is 15.0 Å². The molecule has 0 atom stereocenters. The number of hydrogen-bond donors (Lipinski definition) is 2. The molecule has 23 heavy (non-hydrogen) atoms. The Morgan fingerprint density at radius 2 is 1.91 bits per heavy atom. The van der Waals surface area contributed by atoms with Gasteiger partial charge in [-0.25, -0.2) is 9.78 Å². The molecule has 3 aromatic rings. The molecule has 2 N–H and O–H groups in total. The Morgan fingerprint density at radius 3 is 2.74 bits per heavy atom. The van der Waals surface area contributed by atoms with E-state index in [9.17, 15) is 9.59 Å². The quantitative estimate of drug-likeness (QED) is 0.723. The molecular weight excluding hydrogens is 294 g/mol. The van der Waals surface area contributed by atoms with Crippen LogP contribution in [0, 0.1) is 0 Å². The maximum Gasteiger partial charge on any atom is 0.339 e. The van der Waals surface area contributed by atoms with Crippen LogP contribution >= 0.6 is 0 Å². The van der Waals surface area contributed by atoms with Crippen LogP contribution in [0.25, 0.3) is 10.9 Å². The summed E-state index contributed by atoms with van der Waals surface area (Å²) in [5, 5.41) is 3.65. The predicted molar refractivity (Wildman–Crippen MR) is 87.5 cm³/mol. The summed E-state index contributed by atoms with van der Waals surface area (Å²) in [5.74, 6) is 0.0708. The van der Waals surface area contributed by atoms with E-state index >= 15 is 0 Å². The number of fused-ring (bicyclic) bond motifs is 1. The maximum atomic E-state index is 12.0. The molecule has 116 valence electrons. The van der Waals surface area contributed by atoms with Crippen molar-refractivity contribution in [1.82, 2.24) is 9.97 Å². The lowest BCUT2D eigenvalue weighted by molar-refractivity contribution is 0.0602. The Kier molecular flexibility index (Phi) is 4.05. The zero-order chi connectivity index (χ0) is 16.2. The first-order valence-corrected chi connectivity index (χ1v) is 7.08. The van der Waals surface area contributed by atoms with Gasteiger partial charge in [-0.2, -0.15) is 0 Å². The van der Waals surface area contributed by atoms with E-state index in [0.717, 1.165) is 0 Å². The van der Waals surface area contributed by atoms with Gasteiger partial charge in [-0.1, -0.05) is 24.3 Å². The smallest absolute Gasteiger partial charge is 0.339 e. The third kappa shape index (κ3) is 3.06. The summed E-state index contributed by atoms with van der Waals surface area (Å²) in [6.07, 6.45) is 0. The molecule has 0 saturated heterocycles. The van der Waals surface area contributed by atoms with Crippen molar-refractivity contribution >= 4 is 22.6 Å². The molecule has 0 radical (unpaired) electrons. The molecule has 2 aromatic carbocycles. The van der Waals surface area contributed by atoms with Crippen molar-refractivity contribution in [1.29, 1.82) is 0 Å².